The summed E-state index contributed by atoms with van der Waals surface area (Å²) in [5.41, 5.74) is 0. The first kappa shape index (κ1) is 15.2. The Kier molecular flexibility index (Phi) is 22.5. The smallest absolute Gasteiger partial charge is 0.363 e. The summed E-state index contributed by atoms with van der Waals surface area (Å²) in [4.78, 5) is 0. The summed E-state index contributed by atoms with van der Waals surface area (Å²) in [7, 11) is 0. The molecule has 0 aromatic carbocycles. The first-order valence-corrected chi connectivity index (χ1v) is 7.44. The van der Waals surface area contributed by atoms with Crippen LogP contribution < -0.4 is 0 Å². The molecule has 72 valence electrons. The van der Waals surface area contributed by atoms with Crippen molar-refractivity contribution in [2.75, 3.05) is 6.61 Å². The lowest BCUT2D eigenvalue weighted by atomic mass is 10.4. The Hall–Kier alpha value is 0.726. The molecule has 0 radical (unpaired) electrons. The second-order valence-electron chi connectivity index (χ2n) is 3.14. The average molecular weight is 185 g/mol. The SMILES string of the molecule is CCCCO.CCC[CH2][Mg][CH2]C. The molecule has 1 N–H and O–H groups in total. The predicted octanol–water partition coefficient (Wildman–Crippen LogP) is 3.13. The Morgan fingerprint density at radius 3 is 1.83 bits per heavy atom. The van der Waals surface area contributed by atoms with E-state index >= 15 is 0 Å². The highest BCUT2D eigenvalue weighted by Crippen LogP contribution is 1.94. The summed E-state index contributed by atoms with van der Waals surface area (Å²) in [6.07, 6.45) is 4.92. The van der Waals surface area contributed by atoms with Gasteiger partial charge in [-0.3, -0.25) is 0 Å². The first-order chi connectivity index (χ1) is 5.83. The van der Waals surface area contributed by atoms with Crippen LogP contribution in [-0.2, 0) is 0 Å². The maximum absolute atomic E-state index is 8.07. The fourth-order valence-electron chi connectivity index (χ4n) is 0.835. The van der Waals surface area contributed by atoms with Gasteiger partial charge in [-0.25, -0.2) is 0 Å². The van der Waals surface area contributed by atoms with Crippen molar-refractivity contribution < 1.29 is 5.11 Å². The van der Waals surface area contributed by atoms with Crippen LogP contribution in [0, 0.1) is 0 Å². The van der Waals surface area contributed by atoms with Gasteiger partial charge in [-0.2, -0.15) is 0 Å². The van der Waals surface area contributed by atoms with Gasteiger partial charge in [0.25, 0.3) is 0 Å². The van der Waals surface area contributed by atoms with E-state index in [0.717, 1.165) is 12.8 Å². The molecule has 0 aliphatic rings. The monoisotopic (exact) mass is 184 g/mol. The van der Waals surface area contributed by atoms with Crippen molar-refractivity contribution in [1.82, 2.24) is 0 Å². The molecule has 0 saturated heterocycles. The average Bonchev–Trinajstić information content (AvgIpc) is 2.08. The van der Waals surface area contributed by atoms with Gasteiger partial charge in [-0.1, -0.05) is 40.0 Å². The summed E-state index contributed by atoms with van der Waals surface area (Å²) < 4.78 is 3.08. The molecule has 0 spiro atoms. The van der Waals surface area contributed by atoms with Gasteiger partial charge in [0.05, 0.1) is 0 Å². The summed E-state index contributed by atoms with van der Waals surface area (Å²) >= 11 is 0.411. The molecule has 12 heavy (non-hydrogen) atoms. The number of rotatable bonds is 6. The van der Waals surface area contributed by atoms with Crippen LogP contribution >= 0.6 is 0 Å². The van der Waals surface area contributed by atoms with Crippen LogP contribution in [-0.4, -0.2) is 32.1 Å². The molecule has 0 heterocycles. The molecule has 0 amide bonds. The molecule has 0 fully saturated rings. The van der Waals surface area contributed by atoms with Gasteiger partial charge < -0.3 is 5.11 Å². The van der Waals surface area contributed by atoms with Crippen LogP contribution in [0.25, 0.3) is 0 Å². The minimum Gasteiger partial charge on any atom is -0.396 e. The Morgan fingerprint density at radius 1 is 1.00 bits per heavy atom. The second kappa shape index (κ2) is 17.7. The summed E-state index contributed by atoms with van der Waals surface area (Å²) in [6.45, 7) is 6.97. The van der Waals surface area contributed by atoms with E-state index in [1.54, 1.807) is 4.55 Å². The van der Waals surface area contributed by atoms with Gasteiger partial charge in [-0.05, 0) is 6.42 Å². The maximum atomic E-state index is 8.07. The summed E-state index contributed by atoms with van der Waals surface area (Å²) in [5, 5.41) is 8.07. The van der Waals surface area contributed by atoms with Crippen molar-refractivity contribution in [2.45, 2.75) is 55.6 Å². The molecule has 0 bridgehead atoms. The van der Waals surface area contributed by atoms with E-state index in [9.17, 15) is 0 Å². The third-order valence-corrected chi connectivity index (χ3v) is 3.43. The molecule has 1 nitrogen and oxygen atoms in total. The van der Waals surface area contributed by atoms with Crippen molar-refractivity contribution in [1.29, 1.82) is 0 Å². The van der Waals surface area contributed by atoms with E-state index in [0.29, 0.717) is 27.0 Å². The van der Waals surface area contributed by atoms with Gasteiger partial charge in [0.2, 0.25) is 0 Å². The van der Waals surface area contributed by atoms with Gasteiger partial charge in [0.15, 0.2) is 0 Å². The molecule has 2 heteroatoms. The lowest BCUT2D eigenvalue weighted by Crippen LogP contribution is -1.82. The maximum Gasteiger partial charge on any atom is 0.363 e. The molecular formula is C10H24MgO. The predicted molar refractivity (Wildman–Crippen MR) is 57.9 cm³/mol. The summed E-state index contributed by atoms with van der Waals surface area (Å²) in [6, 6.07) is 0. The van der Waals surface area contributed by atoms with Gasteiger partial charge in [0, 0.05) is 6.61 Å². The van der Waals surface area contributed by atoms with Gasteiger partial charge in [-0.15, -0.1) is 9.10 Å². The van der Waals surface area contributed by atoms with Crippen LogP contribution in [0.15, 0.2) is 0 Å². The Balaban J connectivity index is 0. The molecule has 0 saturated carbocycles. The van der Waals surface area contributed by atoms with E-state index in [4.69, 9.17) is 5.11 Å². The molecule has 0 aliphatic carbocycles. The number of hydrogen-bond donors (Lipinski definition) is 1. The van der Waals surface area contributed by atoms with E-state index in [-0.39, 0.29) is 0 Å². The van der Waals surface area contributed by atoms with E-state index < -0.39 is 0 Å². The van der Waals surface area contributed by atoms with E-state index in [1.807, 2.05) is 0 Å². The fourth-order valence-corrected chi connectivity index (χ4v) is 2.19. The number of aliphatic hydroxyl groups is 1. The standard InChI is InChI=1S/C4H10O.C4H9.C2H5.Mg/c1-2-3-4-5;1-3-4-2;1-2;/h5H,2-4H2,1H3;1,3-4H2,2H3;1H2,2H3;. The van der Waals surface area contributed by atoms with Crippen LogP contribution in [0.3, 0.4) is 0 Å². The highest BCUT2D eigenvalue weighted by molar-refractivity contribution is 6.35. The van der Waals surface area contributed by atoms with E-state index in [2.05, 4.69) is 20.8 Å². The lowest BCUT2D eigenvalue weighted by Gasteiger charge is -1.87. The van der Waals surface area contributed by atoms with E-state index in [1.165, 1.54) is 17.4 Å². The van der Waals surface area contributed by atoms with Crippen LogP contribution in [0.4, 0.5) is 0 Å². The largest absolute Gasteiger partial charge is 0.396 e. The van der Waals surface area contributed by atoms with Crippen LogP contribution in [0.5, 0.6) is 0 Å². The molecule has 0 rings (SSSR count). The minimum absolute atomic E-state index is 0.344. The molecule has 0 unspecified atom stereocenters. The second-order valence-corrected chi connectivity index (χ2v) is 5.55. The summed E-state index contributed by atoms with van der Waals surface area (Å²) in [5.74, 6) is 0. The third kappa shape index (κ3) is 22.4. The van der Waals surface area contributed by atoms with Crippen LogP contribution in [0.1, 0.15) is 46.5 Å². The van der Waals surface area contributed by atoms with Crippen molar-refractivity contribution in [3.05, 3.63) is 0 Å². The molecule has 0 aromatic rings. The van der Waals surface area contributed by atoms with Crippen LogP contribution in [0.2, 0.25) is 9.10 Å². The molecular weight excluding hydrogens is 160 g/mol. The van der Waals surface area contributed by atoms with Gasteiger partial charge >= 0.3 is 20.4 Å². The van der Waals surface area contributed by atoms with Crippen molar-refractivity contribution in [3.63, 3.8) is 0 Å². The number of aliphatic hydroxyl groups excluding tert-OH is 1. The third-order valence-electron chi connectivity index (χ3n) is 1.72. The first-order valence-electron chi connectivity index (χ1n) is 5.44. The Morgan fingerprint density at radius 2 is 1.58 bits per heavy atom. The normalized spacial score (nSPS) is 8.33. The fraction of sp³-hybridized carbons (Fsp3) is 1.00. The number of hydrogen-bond acceptors (Lipinski definition) is 1. The Bertz CT molecular complexity index is 51.8. The zero-order valence-corrected chi connectivity index (χ0v) is 10.5. The Labute approximate surface area is 87.7 Å². The lowest BCUT2D eigenvalue weighted by molar-refractivity contribution is 0.287. The molecule has 0 atom stereocenters. The topological polar surface area (TPSA) is 20.2 Å². The highest BCUT2D eigenvalue weighted by Gasteiger charge is 1.87. The quantitative estimate of drug-likeness (QED) is 0.497. The zero-order valence-electron chi connectivity index (χ0n) is 9.10. The van der Waals surface area contributed by atoms with Crippen molar-refractivity contribution >= 4 is 20.4 Å². The van der Waals surface area contributed by atoms with Gasteiger partial charge in [0.1, 0.15) is 0 Å². The van der Waals surface area contributed by atoms with Crippen molar-refractivity contribution in [2.24, 2.45) is 0 Å². The highest BCUT2D eigenvalue weighted by atomic mass is 24.5. The number of unbranched alkanes of at least 4 members (excludes halogenated alkanes) is 2. The minimum atomic E-state index is 0.344. The molecule has 0 aromatic heterocycles. The van der Waals surface area contributed by atoms with Crippen molar-refractivity contribution in [3.8, 4) is 0 Å². The zero-order chi connectivity index (χ0) is 9.66. The molecule has 0 aliphatic heterocycles.